The normalized spacial score (nSPS) is 13.2. The molecule has 0 saturated carbocycles. The predicted molar refractivity (Wildman–Crippen MR) is 59.6 cm³/mol. The Kier molecular flexibility index (Phi) is 2.60. The van der Waals surface area contributed by atoms with E-state index in [1.165, 1.54) is 0 Å². The molecule has 0 aliphatic heterocycles. The summed E-state index contributed by atoms with van der Waals surface area (Å²) in [6.45, 7) is 2.09. The van der Waals surface area contributed by atoms with Crippen LogP contribution in [0, 0.1) is 0 Å². The second-order valence-electron chi connectivity index (χ2n) is 3.72. The third-order valence-corrected chi connectivity index (χ3v) is 2.43. The molecule has 0 saturated heterocycles. The average Bonchev–Trinajstić information content (AvgIpc) is 2.60. The fraction of sp³-hybridized carbons (Fsp3) is 0.364. The second-order valence-corrected chi connectivity index (χ2v) is 3.72. The van der Waals surface area contributed by atoms with Gasteiger partial charge in [0.05, 0.1) is 17.1 Å². The topological polar surface area (TPSA) is 74.9 Å². The number of phenolic OH excluding ortho intramolecular Hbond substituents is 1. The van der Waals surface area contributed by atoms with Crippen LogP contribution in [-0.2, 0) is 0 Å². The Morgan fingerprint density at radius 2 is 2.33 bits per heavy atom. The number of aromatic hydroxyl groups is 1. The summed E-state index contributed by atoms with van der Waals surface area (Å²) in [4.78, 5) is 7.51. The number of hydrogen-bond donors (Lipinski definition) is 3. The number of H-pyrrole nitrogens is 1. The van der Waals surface area contributed by atoms with Gasteiger partial charge in [0, 0.05) is 6.07 Å². The van der Waals surface area contributed by atoms with E-state index in [4.69, 9.17) is 5.73 Å². The number of aromatic nitrogens is 2. The van der Waals surface area contributed by atoms with Crippen LogP contribution in [-0.4, -0.2) is 15.1 Å². The van der Waals surface area contributed by atoms with Gasteiger partial charge in [-0.1, -0.05) is 13.3 Å². The van der Waals surface area contributed by atoms with Crippen molar-refractivity contribution in [3.8, 4) is 5.75 Å². The Hall–Kier alpha value is -1.55. The molecule has 0 fully saturated rings. The number of nitrogens with two attached hydrogens (primary N) is 1. The van der Waals surface area contributed by atoms with E-state index in [0.29, 0.717) is 0 Å². The molecule has 1 atom stereocenters. The van der Waals surface area contributed by atoms with Crippen molar-refractivity contribution in [1.29, 1.82) is 0 Å². The van der Waals surface area contributed by atoms with Crippen LogP contribution in [0.25, 0.3) is 11.0 Å². The van der Waals surface area contributed by atoms with Gasteiger partial charge in [-0.25, -0.2) is 4.98 Å². The number of nitrogens with one attached hydrogen (secondary N) is 1. The number of fused-ring (bicyclic) bond motifs is 1. The minimum atomic E-state index is -0.0513. The lowest BCUT2D eigenvalue weighted by Crippen LogP contribution is -2.11. The molecule has 2 rings (SSSR count). The van der Waals surface area contributed by atoms with E-state index < -0.39 is 0 Å². The van der Waals surface area contributed by atoms with Gasteiger partial charge in [-0.3, -0.25) is 0 Å². The summed E-state index contributed by atoms with van der Waals surface area (Å²) in [7, 11) is 0. The second kappa shape index (κ2) is 3.90. The Bertz CT molecular complexity index is 464. The number of rotatable bonds is 3. The monoisotopic (exact) mass is 205 g/mol. The van der Waals surface area contributed by atoms with Gasteiger partial charge in [0.2, 0.25) is 0 Å². The van der Waals surface area contributed by atoms with Crippen molar-refractivity contribution in [1.82, 2.24) is 9.97 Å². The van der Waals surface area contributed by atoms with Gasteiger partial charge in [0.1, 0.15) is 11.6 Å². The van der Waals surface area contributed by atoms with E-state index in [0.717, 1.165) is 29.7 Å². The minimum Gasteiger partial charge on any atom is -0.508 e. The van der Waals surface area contributed by atoms with E-state index in [1.807, 2.05) is 0 Å². The molecule has 1 aromatic heterocycles. The maximum atomic E-state index is 9.30. The molecule has 2 aromatic rings. The Balaban J connectivity index is 2.38. The number of nitrogens with zero attached hydrogens (tertiary/aromatic N) is 1. The van der Waals surface area contributed by atoms with E-state index in [2.05, 4.69) is 16.9 Å². The number of aromatic amines is 1. The van der Waals surface area contributed by atoms with Gasteiger partial charge in [-0.2, -0.15) is 0 Å². The first-order chi connectivity index (χ1) is 7.20. The summed E-state index contributed by atoms with van der Waals surface area (Å²) in [6, 6.07) is 5.01. The molecular formula is C11H15N3O. The van der Waals surface area contributed by atoms with Crippen LogP contribution in [0.4, 0.5) is 0 Å². The maximum Gasteiger partial charge on any atom is 0.124 e. The standard InChI is InChI=1S/C11H15N3O/c1-2-3-8(12)11-13-9-5-4-7(15)6-10(9)14-11/h4-6,8,15H,2-3,12H2,1H3,(H,13,14). The van der Waals surface area contributed by atoms with Crippen molar-refractivity contribution in [3.63, 3.8) is 0 Å². The summed E-state index contributed by atoms with van der Waals surface area (Å²) >= 11 is 0. The van der Waals surface area contributed by atoms with Crippen molar-refractivity contribution in [3.05, 3.63) is 24.0 Å². The molecule has 0 radical (unpaired) electrons. The fourth-order valence-corrected chi connectivity index (χ4v) is 1.64. The van der Waals surface area contributed by atoms with Crippen LogP contribution in [0.15, 0.2) is 18.2 Å². The summed E-state index contributed by atoms with van der Waals surface area (Å²) < 4.78 is 0. The fourth-order valence-electron chi connectivity index (χ4n) is 1.64. The first-order valence-corrected chi connectivity index (χ1v) is 5.15. The Labute approximate surface area is 88.1 Å². The highest BCUT2D eigenvalue weighted by molar-refractivity contribution is 5.76. The van der Waals surface area contributed by atoms with Crippen molar-refractivity contribution in [2.24, 2.45) is 5.73 Å². The number of imidazole rings is 1. The van der Waals surface area contributed by atoms with Gasteiger partial charge < -0.3 is 15.8 Å². The molecule has 4 heteroatoms. The summed E-state index contributed by atoms with van der Waals surface area (Å²) in [5.74, 6) is 1.03. The lowest BCUT2D eigenvalue weighted by atomic mass is 10.2. The molecule has 1 heterocycles. The molecule has 0 aliphatic carbocycles. The third-order valence-electron chi connectivity index (χ3n) is 2.43. The Morgan fingerprint density at radius 1 is 1.53 bits per heavy atom. The average molecular weight is 205 g/mol. The molecule has 1 unspecified atom stereocenters. The van der Waals surface area contributed by atoms with Crippen LogP contribution in [0.2, 0.25) is 0 Å². The first-order valence-electron chi connectivity index (χ1n) is 5.15. The van der Waals surface area contributed by atoms with Crippen LogP contribution >= 0.6 is 0 Å². The summed E-state index contributed by atoms with van der Waals surface area (Å²) in [5.41, 5.74) is 7.62. The number of benzene rings is 1. The van der Waals surface area contributed by atoms with Gasteiger partial charge in [0.25, 0.3) is 0 Å². The summed E-state index contributed by atoms with van der Waals surface area (Å²) in [6.07, 6.45) is 1.94. The van der Waals surface area contributed by atoms with Crippen LogP contribution < -0.4 is 5.73 Å². The molecule has 0 amide bonds. The molecular weight excluding hydrogens is 190 g/mol. The summed E-state index contributed by atoms with van der Waals surface area (Å²) in [5, 5.41) is 9.30. The van der Waals surface area contributed by atoms with Crippen molar-refractivity contribution >= 4 is 11.0 Å². The minimum absolute atomic E-state index is 0.0513. The SMILES string of the molecule is CCCC(N)c1nc2ccc(O)cc2[nH]1. The number of hydrogen-bond acceptors (Lipinski definition) is 3. The van der Waals surface area contributed by atoms with Gasteiger partial charge in [-0.15, -0.1) is 0 Å². The van der Waals surface area contributed by atoms with Gasteiger partial charge in [0.15, 0.2) is 0 Å². The molecule has 1 aromatic carbocycles. The molecule has 4 N–H and O–H groups in total. The highest BCUT2D eigenvalue weighted by Crippen LogP contribution is 2.21. The molecule has 80 valence electrons. The van der Waals surface area contributed by atoms with Gasteiger partial charge in [-0.05, 0) is 18.6 Å². The zero-order valence-electron chi connectivity index (χ0n) is 8.70. The third kappa shape index (κ3) is 1.94. The molecule has 0 aliphatic rings. The van der Waals surface area contributed by atoms with Gasteiger partial charge >= 0.3 is 0 Å². The number of phenols is 1. The molecule has 0 bridgehead atoms. The van der Waals surface area contributed by atoms with Crippen molar-refractivity contribution in [2.45, 2.75) is 25.8 Å². The van der Waals surface area contributed by atoms with E-state index in [9.17, 15) is 5.11 Å². The van der Waals surface area contributed by atoms with E-state index >= 15 is 0 Å². The van der Waals surface area contributed by atoms with Crippen LogP contribution in [0.1, 0.15) is 31.6 Å². The van der Waals surface area contributed by atoms with E-state index in [-0.39, 0.29) is 11.8 Å². The Morgan fingerprint density at radius 3 is 3.07 bits per heavy atom. The molecule has 0 spiro atoms. The first kappa shape index (κ1) is 9.98. The predicted octanol–water partition coefficient (Wildman–Crippen LogP) is 2.07. The maximum absolute atomic E-state index is 9.30. The molecule has 15 heavy (non-hydrogen) atoms. The van der Waals surface area contributed by atoms with Crippen LogP contribution in [0.3, 0.4) is 0 Å². The van der Waals surface area contributed by atoms with Crippen LogP contribution in [0.5, 0.6) is 5.75 Å². The molecule has 4 nitrogen and oxygen atoms in total. The van der Waals surface area contributed by atoms with E-state index in [1.54, 1.807) is 18.2 Å². The quantitative estimate of drug-likeness (QED) is 0.718. The zero-order chi connectivity index (χ0) is 10.8. The smallest absolute Gasteiger partial charge is 0.124 e. The van der Waals surface area contributed by atoms with Crippen molar-refractivity contribution in [2.75, 3.05) is 0 Å². The lowest BCUT2D eigenvalue weighted by molar-refractivity contribution is 0.476. The lowest BCUT2D eigenvalue weighted by Gasteiger charge is -2.04. The highest BCUT2D eigenvalue weighted by atomic mass is 16.3. The highest BCUT2D eigenvalue weighted by Gasteiger charge is 2.10. The van der Waals surface area contributed by atoms with Crippen molar-refractivity contribution < 1.29 is 5.11 Å². The largest absolute Gasteiger partial charge is 0.508 e. The zero-order valence-corrected chi connectivity index (χ0v) is 8.70.